The maximum atomic E-state index is 12.2. The maximum Gasteiger partial charge on any atom is 0.168 e. The van der Waals surface area contributed by atoms with Gasteiger partial charge in [-0.15, -0.1) is 12.4 Å². The second-order valence-corrected chi connectivity index (χ2v) is 6.02. The number of nitrogens with one attached hydrogen (secondary N) is 1. The summed E-state index contributed by atoms with van der Waals surface area (Å²) in [6, 6.07) is 10.3. The van der Waals surface area contributed by atoms with Crippen molar-refractivity contribution in [2.24, 2.45) is 5.73 Å². The molecule has 2 aliphatic carbocycles. The summed E-state index contributed by atoms with van der Waals surface area (Å²) < 4.78 is 0. The normalized spacial score (nSPS) is 27.7. The number of ketones is 2. The van der Waals surface area contributed by atoms with Gasteiger partial charge in [0, 0.05) is 31.1 Å². The number of carbonyl (C=O) groups is 2. The van der Waals surface area contributed by atoms with Crippen LogP contribution in [0.4, 0.5) is 0 Å². The van der Waals surface area contributed by atoms with Gasteiger partial charge in [0.15, 0.2) is 11.6 Å². The molecule has 118 valence electrons. The highest BCUT2D eigenvalue weighted by atomic mass is 35.5. The molecule has 0 radical (unpaired) electrons. The number of hydrogen-bond acceptors (Lipinski definition) is 4. The minimum absolute atomic E-state index is 0. The van der Waals surface area contributed by atoms with Crippen LogP contribution in [-0.2, 0) is 9.59 Å². The van der Waals surface area contributed by atoms with Crippen molar-refractivity contribution in [1.82, 2.24) is 5.32 Å². The van der Waals surface area contributed by atoms with E-state index >= 15 is 0 Å². The molecule has 1 aromatic carbocycles. The predicted octanol–water partition coefficient (Wildman–Crippen LogP) is 2.09. The maximum absolute atomic E-state index is 12.2. The lowest BCUT2D eigenvalue weighted by Crippen LogP contribution is -2.47. The number of hydrogen-bond donors (Lipinski definition) is 2. The summed E-state index contributed by atoms with van der Waals surface area (Å²) >= 11 is 0. The molecule has 0 aromatic heterocycles. The molecule has 1 aromatic rings. The van der Waals surface area contributed by atoms with Gasteiger partial charge in [-0.2, -0.15) is 0 Å². The van der Waals surface area contributed by atoms with Crippen LogP contribution in [0.2, 0.25) is 0 Å². The molecule has 0 unspecified atom stereocenters. The molecule has 0 amide bonds. The first-order valence-electron chi connectivity index (χ1n) is 7.46. The first-order valence-corrected chi connectivity index (χ1v) is 7.46. The van der Waals surface area contributed by atoms with Crippen molar-refractivity contribution in [3.05, 3.63) is 47.7 Å². The second kappa shape index (κ2) is 7.07. The van der Waals surface area contributed by atoms with E-state index < -0.39 is 0 Å². The highest BCUT2D eigenvalue weighted by molar-refractivity contribution is 6.22. The molecular weight excluding hydrogens is 300 g/mol. The summed E-state index contributed by atoms with van der Waals surface area (Å²) in [7, 11) is 0. The SMILES string of the molecule is Cl.NC1CC(NC=C2C(=O)CC(c3ccccc3)CC2=O)C1. The van der Waals surface area contributed by atoms with Crippen molar-refractivity contribution in [2.75, 3.05) is 0 Å². The Morgan fingerprint density at radius 3 is 2.18 bits per heavy atom. The van der Waals surface area contributed by atoms with Crippen LogP contribution in [0.3, 0.4) is 0 Å². The van der Waals surface area contributed by atoms with Crippen LogP contribution in [0.25, 0.3) is 0 Å². The molecule has 2 saturated carbocycles. The largest absolute Gasteiger partial charge is 0.387 e. The molecule has 0 bridgehead atoms. The summed E-state index contributed by atoms with van der Waals surface area (Å²) in [5.41, 5.74) is 7.11. The van der Waals surface area contributed by atoms with Crippen molar-refractivity contribution in [1.29, 1.82) is 0 Å². The van der Waals surface area contributed by atoms with E-state index in [1.54, 1.807) is 6.20 Å². The molecule has 3 N–H and O–H groups in total. The number of rotatable bonds is 3. The Balaban J connectivity index is 0.00000176. The smallest absolute Gasteiger partial charge is 0.168 e. The molecule has 0 saturated heterocycles. The Morgan fingerprint density at radius 2 is 1.64 bits per heavy atom. The Bertz CT molecular complexity index is 560. The minimum Gasteiger partial charge on any atom is -0.387 e. The van der Waals surface area contributed by atoms with E-state index in [0.29, 0.717) is 24.5 Å². The van der Waals surface area contributed by atoms with Crippen LogP contribution in [0.1, 0.15) is 37.2 Å². The quantitative estimate of drug-likeness (QED) is 0.661. The number of Topliss-reactive ketones (excluding diaryl/α,β-unsaturated/α-hetero) is 2. The average molecular weight is 321 g/mol. The van der Waals surface area contributed by atoms with Gasteiger partial charge in [0.2, 0.25) is 0 Å². The lowest BCUT2D eigenvalue weighted by molar-refractivity contribution is -0.124. The molecule has 0 heterocycles. The molecular formula is C17H21ClN2O2. The number of nitrogens with two attached hydrogens (primary N) is 1. The summed E-state index contributed by atoms with van der Waals surface area (Å²) in [6.07, 6.45) is 4.24. The molecule has 4 nitrogen and oxygen atoms in total. The van der Waals surface area contributed by atoms with Gasteiger partial charge in [0.25, 0.3) is 0 Å². The topological polar surface area (TPSA) is 72.2 Å². The monoisotopic (exact) mass is 320 g/mol. The molecule has 5 heteroatoms. The Morgan fingerprint density at radius 1 is 1.05 bits per heavy atom. The van der Waals surface area contributed by atoms with E-state index in [0.717, 1.165) is 18.4 Å². The molecule has 2 fully saturated rings. The highest BCUT2D eigenvalue weighted by Gasteiger charge is 2.32. The molecule has 22 heavy (non-hydrogen) atoms. The lowest BCUT2D eigenvalue weighted by Gasteiger charge is -2.33. The second-order valence-electron chi connectivity index (χ2n) is 6.02. The van der Waals surface area contributed by atoms with Gasteiger partial charge in [0.05, 0.1) is 5.57 Å². The Labute approximate surface area is 136 Å². The fourth-order valence-electron chi connectivity index (χ4n) is 3.02. The van der Waals surface area contributed by atoms with Gasteiger partial charge in [-0.3, -0.25) is 9.59 Å². The zero-order chi connectivity index (χ0) is 14.8. The van der Waals surface area contributed by atoms with Crippen LogP contribution < -0.4 is 11.1 Å². The van der Waals surface area contributed by atoms with E-state index in [9.17, 15) is 9.59 Å². The average Bonchev–Trinajstić information content (AvgIpc) is 2.45. The number of allylic oxidation sites excluding steroid dienone is 1. The van der Waals surface area contributed by atoms with E-state index in [-0.39, 0.29) is 35.9 Å². The van der Waals surface area contributed by atoms with E-state index in [1.165, 1.54) is 0 Å². The third kappa shape index (κ3) is 3.57. The van der Waals surface area contributed by atoms with E-state index in [2.05, 4.69) is 5.32 Å². The van der Waals surface area contributed by atoms with E-state index in [1.807, 2.05) is 30.3 Å². The molecule has 0 atom stereocenters. The van der Waals surface area contributed by atoms with Gasteiger partial charge < -0.3 is 11.1 Å². The molecule has 3 rings (SSSR count). The predicted molar refractivity (Wildman–Crippen MR) is 87.9 cm³/mol. The number of benzene rings is 1. The van der Waals surface area contributed by atoms with Crippen molar-refractivity contribution in [3.8, 4) is 0 Å². The standard InChI is InChI=1S/C17H20N2O2.ClH/c18-13-8-14(9-13)19-10-15-16(20)6-12(7-17(15)21)11-4-2-1-3-5-11;/h1-5,10,12-14,19H,6-9,18H2;1H. The van der Waals surface area contributed by atoms with Crippen LogP contribution >= 0.6 is 12.4 Å². The Kier molecular flexibility index (Phi) is 5.37. The summed E-state index contributed by atoms with van der Waals surface area (Å²) in [5.74, 6) is -0.104. The van der Waals surface area contributed by atoms with Gasteiger partial charge in [-0.05, 0) is 24.3 Å². The number of carbonyl (C=O) groups excluding carboxylic acids is 2. The molecule has 0 aliphatic heterocycles. The number of halogens is 1. The Hall–Kier alpha value is -1.65. The van der Waals surface area contributed by atoms with E-state index in [4.69, 9.17) is 5.73 Å². The van der Waals surface area contributed by atoms with Crippen molar-refractivity contribution < 1.29 is 9.59 Å². The van der Waals surface area contributed by atoms with Crippen LogP contribution in [0, 0.1) is 0 Å². The third-order valence-electron chi connectivity index (χ3n) is 4.37. The van der Waals surface area contributed by atoms with Gasteiger partial charge >= 0.3 is 0 Å². The first kappa shape index (κ1) is 16.7. The van der Waals surface area contributed by atoms with Crippen LogP contribution in [-0.4, -0.2) is 23.7 Å². The van der Waals surface area contributed by atoms with Gasteiger partial charge in [0.1, 0.15) is 0 Å². The minimum atomic E-state index is -0.0591. The molecule has 2 aliphatic rings. The zero-order valence-corrected chi connectivity index (χ0v) is 13.1. The van der Waals surface area contributed by atoms with Crippen molar-refractivity contribution in [2.45, 2.75) is 43.7 Å². The lowest BCUT2D eigenvalue weighted by atomic mass is 9.80. The summed E-state index contributed by atoms with van der Waals surface area (Å²) in [5, 5.41) is 3.15. The fraction of sp³-hybridized carbons (Fsp3) is 0.412. The van der Waals surface area contributed by atoms with Crippen LogP contribution in [0.15, 0.2) is 42.1 Å². The van der Waals surface area contributed by atoms with Crippen molar-refractivity contribution in [3.63, 3.8) is 0 Å². The highest BCUT2D eigenvalue weighted by Crippen LogP contribution is 2.31. The van der Waals surface area contributed by atoms with Gasteiger partial charge in [-0.25, -0.2) is 0 Å². The van der Waals surface area contributed by atoms with Crippen molar-refractivity contribution >= 4 is 24.0 Å². The fourth-order valence-corrected chi connectivity index (χ4v) is 3.02. The summed E-state index contributed by atoms with van der Waals surface area (Å²) in [4.78, 5) is 24.4. The zero-order valence-electron chi connectivity index (χ0n) is 12.3. The van der Waals surface area contributed by atoms with Gasteiger partial charge in [-0.1, -0.05) is 30.3 Å². The first-order chi connectivity index (χ1) is 10.1. The molecule has 0 spiro atoms. The summed E-state index contributed by atoms with van der Waals surface area (Å²) in [6.45, 7) is 0. The third-order valence-corrected chi connectivity index (χ3v) is 4.37. The van der Waals surface area contributed by atoms with Crippen LogP contribution in [0.5, 0.6) is 0 Å².